The molecule has 1 unspecified atom stereocenters. The van der Waals surface area contributed by atoms with Crippen LogP contribution in [-0.4, -0.2) is 0 Å². The zero-order valence-electron chi connectivity index (χ0n) is 10.1. The van der Waals surface area contributed by atoms with Gasteiger partial charge >= 0.3 is 0 Å². The molecule has 0 fully saturated rings. The maximum absolute atomic E-state index is 6.06. The van der Waals surface area contributed by atoms with Gasteiger partial charge in [-0.25, -0.2) is 0 Å². The number of aryl methyl sites for hydroxylation is 1. The van der Waals surface area contributed by atoms with Gasteiger partial charge in [-0.05, 0) is 70.2 Å². The molecule has 2 aromatic rings. The summed E-state index contributed by atoms with van der Waals surface area (Å²) >= 11 is 13.1. The minimum Gasteiger partial charge on any atom is -0.377 e. The van der Waals surface area contributed by atoms with Crippen molar-refractivity contribution in [3.63, 3.8) is 0 Å². The quantitative estimate of drug-likeness (QED) is 0.654. The van der Waals surface area contributed by atoms with Crippen LogP contribution in [0.5, 0.6) is 0 Å². The van der Waals surface area contributed by atoms with Crippen molar-refractivity contribution in [2.75, 3.05) is 5.32 Å². The summed E-state index contributed by atoms with van der Waals surface area (Å²) in [5.41, 5.74) is 3.85. The van der Waals surface area contributed by atoms with E-state index in [4.69, 9.17) is 11.6 Å². The van der Waals surface area contributed by atoms with E-state index in [-0.39, 0.29) is 0 Å². The van der Waals surface area contributed by atoms with Crippen molar-refractivity contribution < 1.29 is 0 Å². The fraction of sp³-hybridized carbons (Fsp3) is 0.200. The third kappa shape index (κ3) is 2.83. The molecule has 0 saturated carbocycles. The third-order valence-corrected chi connectivity index (χ3v) is 4.86. The SMILES string of the molecule is Clc1ccc(Br)c(NC2CCc3cc(Br)ccc32)c1. The monoisotopic (exact) mass is 399 g/mol. The Hall–Kier alpha value is -0.510. The van der Waals surface area contributed by atoms with Crippen LogP contribution in [0.1, 0.15) is 23.6 Å². The molecule has 1 nitrogen and oxygen atoms in total. The molecule has 0 aliphatic heterocycles. The number of nitrogens with one attached hydrogen (secondary N) is 1. The van der Waals surface area contributed by atoms with E-state index in [0.29, 0.717) is 6.04 Å². The van der Waals surface area contributed by atoms with E-state index in [1.807, 2.05) is 18.2 Å². The van der Waals surface area contributed by atoms with E-state index in [0.717, 1.165) is 32.5 Å². The van der Waals surface area contributed by atoms with Crippen LogP contribution < -0.4 is 5.32 Å². The summed E-state index contributed by atoms with van der Waals surface area (Å²) in [5, 5.41) is 4.33. The average Bonchev–Trinajstić information content (AvgIpc) is 2.76. The third-order valence-electron chi connectivity index (χ3n) is 3.44. The lowest BCUT2D eigenvalue weighted by molar-refractivity contribution is 0.761. The molecule has 0 saturated heterocycles. The topological polar surface area (TPSA) is 12.0 Å². The van der Waals surface area contributed by atoms with E-state index in [9.17, 15) is 0 Å². The molecule has 0 bridgehead atoms. The zero-order valence-corrected chi connectivity index (χ0v) is 14.0. The van der Waals surface area contributed by atoms with Crippen molar-refractivity contribution in [2.24, 2.45) is 0 Å². The molecule has 4 heteroatoms. The summed E-state index contributed by atoms with van der Waals surface area (Å²) in [6, 6.07) is 12.7. The van der Waals surface area contributed by atoms with E-state index in [2.05, 4.69) is 55.4 Å². The summed E-state index contributed by atoms with van der Waals surface area (Å²) in [7, 11) is 0. The number of benzene rings is 2. The van der Waals surface area contributed by atoms with Gasteiger partial charge in [-0.2, -0.15) is 0 Å². The Labute approximate surface area is 134 Å². The van der Waals surface area contributed by atoms with Gasteiger partial charge in [0.25, 0.3) is 0 Å². The molecule has 19 heavy (non-hydrogen) atoms. The second-order valence-electron chi connectivity index (χ2n) is 4.70. The number of hydrogen-bond donors (Lipinski definition) is 1. The molecule has 0 amide bonds. The highest BCUT2D eigenvalue weighted by Gasteiger charge is 2.22. The predicted octanol–water partition coefficient (Wildman–Crippen LogP) is 5.96. The molecular weight excluding hydrogens is 389 g/mol. The molecule has 1 aliphatic rings. The van der Waals surface area contributed by atoms with Gasteiger partial charge in [0.05, 0.1) is 11.7 Å². The van der Waals surface area contributed by atoms with Gasteiger partial charge in [0, 0.05) is 14.0 Å². The smallest absolute Gasteiger partial charge is 0.0520 e. The van der Waals surface area contributed by atoms with Crippen LogP contribution in [-0.2, 0) is 6.42 Å². The Kier molecular flexibility index (Phi) is 3.88. The highest BCUT2D eigenvalue weighted by molar-refractivity contribution is 9.10. The Morgan fingerprint density at radius 1 is 1.11 bits per heavy atom. The lowest BCUT2D eigenvalue weighted by Crippen LogP contribution is -2.07. The van der Waals surface area contributed by atoms with Crippen LogP contribution in [0, 0.1) is 0 Å². The van der Waals surface area contributed by atoms with Gasteiger partial charge in [0.15, 0.2) is 0 Å². The molecule has 2 aromatic carbocycles. The molecule has 1 N–H and O–H groups in total. The normalized spacial score (nSPS) is 17.3. The lowest BCUT2D eigenvalue weighted by atomic mass is 10.1. The molecule has 1 aliphatic carbocycles. The minimum absolute atomic E-state index is 0.359. The Morgan fingerprint density at radius 3 is 2.79 bits per heavy atom. The largest absolute Gasteiger partial charge is 0.377 e. The van der Waals surface area contributed by atoms with E-state index >= 15 is 0 Å². The van der Waals surface area contributed by atoms with E-state index in [1.54, 1.807) is 0 Å². The Morgan fingerprint density at radius 2 is 1.95 bits per heavy atom. The van der Waals surface area contributed by atoms with Crippen molar-refractivity contribution in [3.05, 3.63) is 61.5 Å². The Balaban J connectivity index is 1.88. The van der Waals surface area contributed by atoms with Crippen molar-refractivity contribution >= 4 is 49.1 Å². The summed E-state index contributed by atoms with van der Waals surface area (Å²) in [6.07, 6.45) is 2.23. The number of rotatable bonds is 2. The van der Waals surface area contributed by atoms with Crippen molar-refractivity contribution in [3.8, 4) is 0 Å². The van der Waals surface area contributed by atoms with Gasteiger partial charge in [0.1, 0.15) is 0 Å². The average molecular weight is 402 g/mol. The molecular formula is C15H12Br2ClN. The van der Waals surface area contributed by atoms with Crippen LogP contribution in [0.4, 0.5) is 5.69 Å². The van der Waals surface area contributed by atoms with Crippen molar-refractivity contribution in [1.29, 1.82) is 0 Å². The fourth-order valence-corrected chi connectivity index (χ4v) is 3.47. The molecule has 0 heterocycles. The summed E-state index contributed by atoms with van der Waals surface area (Å²) in [4.78, 5) is 0. The maximum Gasteiger partial charge on any atom is 0.0520 e. The molecule has 0 radical (unpaired) electrons. The predicted molar refractivity (Wildman–Crippen MR) is 88.0 cm³/mol. The molecule has 1 atom stereocenters. The minimum atomic E-state index is 0.359. The van der Waals surface area contributed by atoms with E-state index in [1.165, 1.54) is 11.1 Å². The van der Waals surface area contributed by atoms with Crippen LogP contribution >= 0.6 is 43.5 Å². The van der Waals surface area contributed by atoms with Crippen LogP contribution in [0.15, 0.2) is 45.3 Å². The molecule has 98 valence electrons. The molecule has 3 rings (SSSR count). The number of fused-ring (bicyclic) bond motifs is 1. The first-order valence-corrected chi connectivity index (χ1v) is 8.10. The maximum atomic E-state index is 6.06. The lowest BCUT2D eigenvalue weighted by Gasteiger charge is -2.17. The highest BCUT2D eigenvalue weighted by atomic mass is 79.9. The summed E-state index contributed by atoms with van der Waals surface area (Å²) in [5.74, 6) is 0. The highest BCUT2D eigenvalue weighted by Crippen LogP contribution is 2.37. The second kappa shape index (κ2) is 5.47. The van der Waals surface area contributed by atoms with Gasteiger partial charge in [-0.3, -0.25) is 0 Å². The first kappa shape index (κ1) is 13.5. The number of anilines is 1. The zero-order chi connectivity index (χ0) is 13.4. The fourth-order valence-electron chi connectivity index (χ4n) is 2.53. The van der Waals surface area contributed by atoms with Gasteiger partial charge < -0.3 is 5.32 Å². The van der Waals surface area contributed by atoms with Crippen LogP contribution in [0.25, 0.3) is 0 Å². The van der Waals surface area contributed by atoms with Gasteiger partial charge in [-0.1, -0.05) is 33.6 Å². The van der Waals surface area contributed by atoms with Crippen molar-refractivity contribution in [2.45, 2.75) is 18.9 Å². The number of halogens is 3. The molecule has 0 aromatic heterocycles. The van der Waals surface area contributed by atoms with Crippen LogP contribution in [0.3, 0.4) is 0 Å². The molecule has 0 spiro atoms. The van der Waals surface area contributed by atoms with Crippen molar-refractivity contribution in [1.82, 2.24) is 0 Å². The number of hydrogen-bond acceptors (Lipinski definition) is 1. The summed E-state index contributed by atoms with van der Waals surface area (Å²) < 4.78 is 2.19. The second-order valence-corrected chi connectivity index (χ2v) is 6.91. The van der Waals surface area contributed by atoms with Gasteiger partial charge in [-0.15, -0.1) is 0 Å². The first-order valence-electron chi connectivity index (χ1n) is 6.13. The summed E-state index contributed by atoms with van der Waals surface area (Å²) in [6.45, 7) is 0. The standard InChI is InChI=1S/C15H12Br2ClN/c16-10-2-4-12-9(7-10)1-6-14(12)19-15-8-11(18)3-5-13(15)17/h2-5,7-8,14,19H,1,6H2. The first-order chi connectivity index (χ1) is 9.13. The van der Waals surface area contributed by atoms with E-state index < -0.39 is 0 Å². The van der Waals surface area contributed by atoms with Crippen LogP contribution in [0.2, 0.25) is 5.02 Å². The van der Waals surface area contributed by atoms with Gasteiger partial charge in [0.2, 0.25) is 0 Å². The Bertz CT molecular complexity index is 628.